The lowest BCUT2D eigenvalue weighted by Crippen LogP contribution is -2.24. The highest BCUT2D eigenvalue weighted by atomic mass is 32.1. The minimum atomic E-state index is -0.544. The molecule has 1 N–H and O–H groups in total. The van der Waals surface area contributed by atoms with Gasteiger partial charge in [-0.15, -0.1) is 11.3 Å². The van der Waals surface area contributed by atoms with Gasteiger partial charge in [-0.05, 0) is 42.8 Å². The Bertz CT molecular complexity index is 1030. The molecule has 3 aromatic rings. The van der Waals surface area contributed by atoms with Crippen LogP contribution in [0.25, 0.3) is 10.6 Å². The first-order valence-electron chi connectivity index (χ1n) is 9.11. The summed E-state index contributed by atoms with van der Waals surface area (Å²) in [6.45, 7) is 3.77. The van der Waals surface area contributed by atoms with Crippen LogP contribution in [-0.4, -0.2) is 28.8 Å². The normalized spacial score (nSPS) is 10.6. The van der Waals surface area contributed by atoms with Crippen molar-refractivity contribution in [1.29, 1.82) is 0 Å². The minimum absolute atomic E-state index is 0.0394. The molecule has 0 spiro atoms. The lowest BCUT2D eigenvalue weighted by atomic mass is 10.2. The molecule has 0 atom stereocenters. The summed E-state index contributed by atoms with van der Waals surface area (Å²) in [6, 6.07) is 10.3. The fourth-order valence-electron chi connectivity index (χ4n) is 2.73. The molecular weight excluding hydrogens is 391 g/mol. The first-order valence-corrected chi connectivity index (χ1v) is 9.99. The first-order chi connectivity index (χ1) is 13.9. The van der Waals surface area contributed by atoms with E-state index in [2.05, 4.69) is 15.3 Å². The van der Waals surface area contributed by atoms with Crippen LogP contribution in [0, 0.1) is 12.9 Å². The van der Waals surface area contributed by atoms with Gasteiger partial charge in [0.05, 0.1) is 0 Å². The van der Waals surface area contributed by atoms with Gasteiger partial charge < -0.3 is 10.2 Å². The number of nitrogens with one attached hydrogen (secondary N) is 1. The van der Waals surface area contributed by atoms with Gasteiger partial charge in [0.15, 0.2) is 0 Å². The molecule has 0 radical (unpaired) electrons. The highest BCUT2D eigenvalue weighted by Crippen LogP contribution is 2.26. The summed E-state index contributed by atoms with van der Waals surface area (Å²) in [7, 11) is 1.74. The first kappa shape index (κ1) is 20.6. The number of benzene rings is 1. The van der Waals surface area contributed by atoms with Crippen molar-refractivity contribution in [2.24, 2.45) is 0 Å². The minimum Gasteiger partial charge on any atom is -0.347 e. The Morgan fingerprint density at radius 3 is 2.52 bits per heavy atom. The molecule has 2 amide bonds. The molecule has 0 bridgehead atoms. The molecule has 1 aromatic carbocycles. The van der Waals surface area contributed by atoms with Crippen molar-refractivity contribution in [3.63, 3.8) is 0 Å². The number of carbonyl (C=O) groups is 2. The Morgan fingerprint density at radius 2 is 1.86 bits per heavy atom. The number of aromatic nitrogens is 2. The number of nitrogens with zero attached hydrogens (tertiary/aromatic N) is 3. The highest BCUT2D eigenvalue weighted by molar-refractivity contribution is 7.13. The number of hydrogen-bond donors (Lipinski definition) is 1. The molecule has 0 fully saturated rings. The molecule has 6 nitrogen and oxygen atoms in total. The van der Waals surface area contributed by atoms with Crippen LogP contribution in [0.3, 0.4) is 0 Å². The van der Waals surface area contributed by atoms with Gasteiger partial charge in [0.2, 0.25) is 11.9 Å². The number of thiazole rings is 1. The Labute approximate surface area is 172 Å². The van der Waals surface area contributed by atoms with Crippen molar-refractivity contribution in [3.8, 4) is 10.6 Å². The summed E-state index contributed by atoms with van der Waals surface area (Å²) in [5, 5.41) is 5.19. The summed E-state index contributed by atoms with van der Waals surface area (Å²) in [5.74, 6) is -0.809. The quantitative estimate of drug-likeness (QED) is 0.622. The van der Waals surface area contributed by atoms with Crippen molar-refractivity contribution in [3.05, 3.63) is 64.7 Å². The van der Waals surface area contributed by atoms with Gasteiger partial charge in [0, 0.05) is 42.3 Å². The van der Waals surface area contributed by atoms with E-state index >= 15 is 0 Å². The molecule has 3 rings (SSSR count). The zero-order chi connectivity index (χ0) is 21.0. The number of carbonyl (C=O) groups excluding carboxylic acids is 2. The van der Waals surface area contributed by atoms with Crippen LogP contribution in [-0.2, 0) is 11.3 Å². The molecular formula is C21H21FN4O2S. The molecule has 2 aromatic heterocycles. The zero-order valence-corrected chi connectivity index (χ0v) is 17.2. The molecule has 0 saturated heterocycles. The van der Waals surface area contributed by atoms with Crippen LogP contribution in [0.2, 0.25) is 0 Å². The molecule has 150 valence electrons. The van der Waals surface area contributed by atoms with Crippen LogP contribution < -0.4 is 10.2 Å². The van der Waals surface area contributed by atoms with E-state index in [1.54, 1.807) is 30.3 Å². The van der Waals surface area contributed by atoms with E-state index in [0.29, 0.717) is 22.8 Å². The van der Waals surface area contributed by atoms with Gasteiger partial charge in [-0.1, -0.05) is 13.0 Å². The van der Waals surface area contributed by atoms with E-state index in [1.165, 1.54) is 17.4 Å². The maximum Gasteiger partial charge on any atom is 0.271 e. The molecule has 0 unspecified atom stereocenters. The van der Waals surface area contributed by atoms with Crippen LogP contribution in [0.1, 0.15) is 35.1 Å². The van der Waals surface area contributed by atoms with Gasteiger partial charge in [0.25, 0.3) is 5.91 Å². The van der Waals surface area contributed by atoms with Crippen molar-refractivity contribution in [2.45, 2.75) is 26.8 Å². The lowest BCUT2D eigenvalue weighted by Gasteiger charge is -2.16. The number of hydrogen-bond acceptors (Lipinski definition) is 5. The summed E-state index contributed by atoms with van der Waals surface area (Å²) >= 11 is 1.37. The molecule has 0 aliphatic heterocycles. The molecule has 0 aliphatic rings. The third-order valence-electron chi connectivity index (χ3n) is 4.52. The van der Waals surface area contributed by atoms with Crippen LogP contribution in [0.4, 0.5) is 10.1 Å². The average Bonchev–Trinajstić information content (AvgIpc) is 3.22. The highest BCUT2D eigenvalue weighted by Gasteiger charge is 2.14. The monoisotopic (exact) mass is 412 g/mol. The second kappa shape index (κ2) is 8.91. The fraction of sp³-hybridized carbons (Fsp3) is 0.238. The predicted molar refractivity (Wildman–Crippen MR) is 111 cm³/mol. The second-order valence-electron chi connectivity index (χ2n) is 6.45. The maximum atomic E-state index is 13.1. The Balaban J connectivity index is 1.66. The maximum absolute atomic E-state index is 13.1. The molecule has 0 aliphatic carbocycles. The third kappa shape index (κ3) is 4.83. The lowest BCUT2D eigenvalue weighted by molar-refractivity contribution is -0.118. The number of amides is 2. The van der Waals surface area contributed by atoms with Crippen LogP contribution in [0.15, 0.2) is 41.8 Å². The Hall–Kier alpha value is -3.13. The van der Waals surface area contributed by atoms with Gasteiger partial charge in [-0.2, -0.15) is 4.39 Å². The van der Waals surface area contributed by atoms with Gasteiger partial charge in [-0.25, -0.2) is 9.97 Å². The van der Waals surface area contributed by atoms with Crippen molar-refractivity contribution < 1.29 is 14.0 Å². The van der Waals surface area contributed by atoms with Crippen molar-refractivity contribution in [2.75, 3.05) is 11.9 Å². The van der Waals surface area contributed by atoms with Gasteiger partial charge in [0.1, 0.15) is 10.7 Å². The molecule has 2 heterocycles. The second-order valence-corrected chi connectivity index (χ2v) is 7.31. The van der Waals surface area contributed by atoms with E-state index < -0.39 is 5.95 Å². The number of halogens is 1. The number of aryl methyl sites for hydroxylation is 1. The molecule has 29 heavy (non-hydrogen) atoms. The SMILES string of the molecule is CCC(=O)N(C)c1ccc(-c2nc(C(=O)NCc3ccc(F)nc3C)cs2)cc1. The third-order valence-corrected chi connectivity index (χ3v) is 5.41. The van der Waals surface area contributed by atoms with Crippen molar-refractivity contribution in [1.82, 2.24) is 15.3 Å². The number of pyridine rings is 1. The van der Waals surface area contributed by atoms with E-state index in [0.717, 1.165) is 16.8 Å². The predicted octanol–water partition coefficient (Wildman–Crippen LogP) is 3.96. The van der Waals surface area contributed by atoms with Crippen molar-refractivity contribution >= 4 is 28.8 Å². The average molecular weight is 412 g/mol. The Morgan fingerprint density at radius 1 is 1.14 bits per heavy atom. The summed E-state index contributed by atoms with van der Waals surface area (Å²) in [4.78, 5) is 33.9. The van der Waals surface area contributed by atoms with Crippen LogP contribution >= 0.6 is 11.3 Å². The van der Waals surface area contributed by atoms with E-state index in [-0.39, 0.29) is 18.4 Å². The summed E-state index contributed by atoms with van der Waals surface area (Å²) < 4.78 is 13.1. The van der Waals surface area contributed by atoms with Crippen LogP contribution in [0.5, 0.6) is 0 Å². The molecule has 0 saturated carbocycles. The van der Waals surface area contributed by atoms with E-state index in [1.807, 2.05) is 31.2 Å². The smallest absolute Gasteiger partial charge is 0.271 e. The molecule has 8 heteroatoms. The van der Waals surface area contributed by atoms with E-state index in [9.17, 15) is 14.0 Å². The van der Waals surface area contributed by atoms with Gasteiger partial charge in [-0.3, -0.25) is 9.59 Å². The zero-order valence-electron chi connectivity index (χ0n) is 16.4. The summed E-state index contributed by atoms with van der Waals surface area (Å²) in [6.07, 6.45) is 0.441. The largest absolute Gasteiger partial charge is 0.347 e. The van der Waals surface area contributed by atoms with E-state index in [4.69, 9.17) is 0 Å². The fourth-order valence-corrected chi connectivity index (χ4v) is 3.54. The number of anilines is 1. The summed E-state index contributed by atoms with van der Waals surface area (Å²) in [5.41, 5.74) is 3.28. The topological polar surface area (TPSA) is 75.2 Å². The number of rotatable bonds is 6. The standard InChI is InChI=1S/C21H21FN4O2S/c1-4-19(27)26(3)16-8-5-14(6-9-16)21-25-17(12-29-21)20(28)23-11-15-7-10-18(22)24-13(15)2/h5-10,12H,4,11H2,1-3H3,(H,23,28). The Kier molecular flexibility index (Phi) is 6.33. The van der Waals surface area contributed by atoms with Gasteiger partial charge >= 0.3 is 0 Å².